The number of hydrogen-bond acceptors (Lipinski definition) is 4. The molecule has 0 radical (unpaired) electrons. The summed E-state index contributed by atoms with van der Waals surface area (Å²) in [7, 11) is 0. The maximum Gasteiger partial charge on any atom is 0.573 e. The van der Waals surface area contributed by atoms with Gasteiger partial charge in [0, 0.05) is 24.0 Å². The van der Waals surface area contributed by atoms with E-state index in [1.54, 1.807) is 18.6 Å². The highest BCUT2D eigenvalue weighted by atomic mass is 19.4. The Bertz CT molecular complexity index is 740. The molecule has 0 saturated carbocycles. The zero-order chi connectivity index (χ0) is 19.6. The lowest BCUT2D eigenvalue weighted by Crippen LogP contribution is -2.25. The van der Waals surface area contributed by atoms with E-state index in [1.807, 2.05) is 20.8 Å². The van der Waals surface area contributed by atoms with Gasteiger partial charge in [-0.3, -0.25) is 15.0 Å². The zero-order valence-corrected chi connectivity index (χ0v) is 15.7. The van der Waals surface area contributed by atoms with E-state index in [1.165, 1.54) is 6.07 Å². The largest absolute Gasteiger partial charge is 0.573 e. The molecule has 0 amide bonds. The molecule has 0 bridgehead atoms. The smallest absolute Gasteiger partial charge is 0.404 e. The molecule has 0 aliphatic heterocycles. The summed E-state index contributed by atoms with van der Waals surface area (Å²) in [5.41, 5.74) is 1.88. The Morgan fingerprint density at radius 2 is 1.54 bits per heavy atom. The van der Waals surface area contributed by atoms with Gasteiger partial charge >= 0.3 is 6.36 Å². The van der Waals surface area contributed by atoms with Crippen LogP contribution in [-0.2, 0) is 10.8 Å². The number of aryl methyl sites for hydroxylation is 1. The molecule has 0 saturated heterocycles. The minimum absolute atomic E-state index is 0.203. The molecule has 0 aromatic carbocycles. The van der Waals surface area contributed by atoms with Crippen LogP contribution in [0.2, 0.25) is 0 Å². The van der Waals surface area contributed by atoms with Crippen molar-refractivity contribution >= 4 is 0 Å². The molecule has 0 unspecified atom stereocenters. The van der Waals surface area contributed by atoms with Gasteiger partial charge in [0.1, 0.15) is 5.75 Å². The number of pyridine rings is 1. The van der Waals surface area contributed by atoms with Gasteiger partial charge in [0.2, 0.25) is 0 Å². The molecule has 0 N–H and O–H groups in total. The topological polar surface area (TPSA) is 47.9 Å². The lowest BCUT2D eigenvalue weighted by atomic mass is 9.74. The van der Waals surface area contributed by atoms with E-state index in [0.29, 0.717) is 5.56 Å². The Hall–Kier alpha value is -2.18. The van der Waals surface area contributed by atoms with Crippen molar-refractivity contribution in [1.82, 2.24) is 15.0 Å². The number of rotatable bonds is 6. The van der Waals surface area contributed by atoms with E-state index in [4.69, 9.17) is 0 Å². The molecule has 0 spiro atoms. The number of aromatic nitrogens is 3. The van der Waals surface area contributed by atoms with Crippen molar-refractivity contribution in [3.8, 4) is 5.75 Å². The molecule has 2 aromatic heterocycles. The zero-order valence-electron chi connectivity index (χ0n) is 15.7. The molecule has 4 nitrogen and oxygen atoms in total. The van der Waals surface area contributed by atoms with Gasteiger partial charge < -0.3 is 4.74 Å². The summed E-state index contributed by atoms with van der Waals surface area (Å²) in [6.07, 6.45) is 2.98. The van der Waals surface area contributed by atoms with Crippen molar-refractivity contribution in [3.05, 3.63) is 47.8 Å². The van der Waals surface area contributed by atoms with Crippen molar-refractivity contribution < 1.29 is 17.9 Å². The quantitative estimate of drug-likeness (QED) is 0.711. The van der Waals surface area contributed by atoms with Crippen molar-refractivity contribution in [2.75, 3.05) is 0 Å². The van der Waals surface area contributed by atoms with Gasteiger partial charge in [-0.1, -0.05) is 27.7 Å². The number of ether oxygens (including phenoxy) is 1. The Morgan fingerprint density at radius 3 is 2.12 bits per heavy atom. The minimum atomic E-state index is -4.73. The minimum Gasteiger partial charge on any atom is -0.404 e. The Kier molecular flexibility index (Phi) is 5.58. The van der Waals surface area contributed by atoms with Gasteiger partial charge in [0.15, 0.2) is 0 Å². The summed E-state index contributed by atoms with van der Waals surface area (Å²) in [5.74, 6) is -0.299. The fraction of sp³-hybridized carbons (Fsp3) is 0.526. The standard InChI is InChI=1S/C19H24F3N3O/c1-13-9-25-16(12-24-13)18(4,5)7-6-17(2,3)14-8-15(11-23-10-14)26-19(20,21)22/h8-12H,6-7H2,1-5H3. The molecule has 2 heterocycles. The third-order valence-corrected chi connectivity index (χ3v) is 4.58. The average Bonchev–Trinajstić information content (AvgIpc) is 2.52. The van der Waals surface area contributed by atoms with E-state index in [9.17, 15) is 13.2 Å². The Morgan fingerprint density at radius 1 is 0.885 bits per heavy atom. The van der Waals surface area contributed by atoms with Gasteiger partial charge in [-0.05, 0) is 36.8 Å². The molecule has 0 aliphatic carbocycles. The first-order valence-electron chi connectivity index (χ1n) is 8.39. The predicted molar refractivity (Wildman–Crippen MR) is 93.0 cm³/mol. The molecule has 7 heteroatoms. The summed E-state index contributed by atoms with van der Waals surface area (Å²) in [5, 5.41) is 0. The molecule has 26 heavy (non-hydrogen) atoms. The van der Waals surface area contributed by atoms with Crippen LogP contribution >= 0.6 is 0 Å². The predicted octanol–water partition coefficient (Wildman–Crippen LogP) is 5.11. The molecular weight excluding hydrogens is 343 g/mol. The van der Waals surface area contributed by atoms with E-state index in [-0.39, 0.29) is 16.6 Å². The second kappa shape index (κ2) is 7.21. The van der Waals surface area contributed by atoms with Gasteiger partial charge in [-0.2, -0.15) is 0 Å². The maximum atomic E-state index is 12.4. The highest BCUT2D eigenvalue weighted by molar-refractivity contribution is 5.29. The molecule has 142 valence electrons. The van der Waals surface area contributed by atoms with Crippen LogP contribution in [-0.4, -0.2) is 21.3 Å². The van der Waals surface area contributed by atoms with Crippen LogP contribution in [0.1, 0.15) is 57.5 Å². The van der Waals surface area contributed by atoms with Crippen LogP contribution in [0.5, 0.6) is 5.75 Å². The average molecular weight is 367 g/mol. The highest BCUT2D eigenvalue weighted by Gasteiger charge is 2.33. The summed E-state index contributed by atoms with van der Waals surface area (Å²) in [6, 6.07) is 1.40. The van der Waals surface area contributed by atoms with Crippen LogP contribution in [0.15, 0.2) is 30.9 Å². The van der Waals surface area contributed by atoms with E-state index < -0.39 is 6.36 Å². The number of halogens is 3. The van der Waals surface area contributed by atoms with Crippen LogP contribution < -0.4 is 4.74 Å². The van der Waals surface area contributed by atoms with E-state index in [2.05, 4.69) is 33.5 Å². The van der Waals surface area contributed by atoms with Crippen molar-refractivity contribution in [3.63, 3.8) is 0 Å². The van der Waals surface area contributed by atoms with Gasteiger partial charge in [-0.15, -0.1) is 13.2 Å². The lowest BCUT2D eigenvalue weighted by Gasteiger charge is -2.31. The normalized spacial score (nSPS) is 12.9. The van der Waals surface area contributed by atoms with Crippen LogP contribution in [0.25, 0.3) is 0 Å². The first-order chi connectivity index (χ1) is 11.9. The third-order valence-electron chi connectivity index (χ3n) is 4.58. The number of nitrogens with zero attached hydrogens (tertiary/aromatic N) is 3. The molecule has 2 rings (SSSR count). The molecule has 0 atom stereocenters. The molecular formula is C19H24F3N3O. The van der Waals surface area contributed by atoms with Crippen LogP contribution in [0.4, 0.5) is 13.2 Å². The van der Waals surface area contributed by atoms with E-state index in [0.717, 1.165) is 30.4 Å². The lowest BCUT2D eigenvalue weighted by molar-refractivity contribution is -0.274. The third kappa shape index (κ3) is 5.41. The summed E-state index contributed by atoms with van der Waals surface area (Å²) >= 11 is 0. The second-order valence-electron chi connectivity index (χ2n) is 7.77. The summed E-state index contributed by atoms with van der Waals surface area (Å²) in [6.45, 7) is 10.0. The fourth-order valence-corrected chi connectivity index (χ4v) is 2.62. The summed E-state index contributed by atoms with van der Waals surface area (Å²) in [4.78, 5) is 12.7. The second-order valence-corrected chi connectivity index (χ2v) is 7.77. The van der Waals surface area contributed by atoms with Crippen molar-refractivity contribution in [2.45, 2.75) is 64.7 Å². The SMILES string of the molecule is Cc1cnc(C(C)(C)CCC(C)(C)c2cncc(OC(F)(F)F)c2)cn1. The van der Waals surface area contributed by atoms with Crippen LogP contribution in [0.3, 0.4) is 0 Å². The van der Waals surface area contributed by atoms with Crippen molar-refractivity contribution in [2.24, 2.45) is 0 Å². The fourth-order valence-electron chi connectivity index (χ4n) is 2.62. The number of alkyl halides is 3. The van der Waals surface area contributed by atoms with Crippen LogP contribution in [0, 0.1) is 6.92 Å². The highest BCUT2D eigenvalue weighted by Crippen LogP contribution is 2.36. The molecule has 2 aromatic rings. The maximum absolute atomic E-state index is 12.4. The first-order valence-corrected chi connectivity index (χ1v) is 8.39. The summed E-state index contributed by atoms with van der Waals surface area (Å²) < 4.78 is 41.3. The van der Waals surface area contributed by atoms with Gasteiger partial charge in [-0.25, -0.2) is 0 Å². The Labute approximate surface area is 151 Å². The number of hydrogen-bond donors (Lipinski definition) is 0. The van der Waals surface area contributed by atoms with Crippen molar-refractivity contribution in [1.29, 1.82) is 0 Å². The first kappa shape index (κ1) is 20.1. The molecule has 0 fully saturated rings. The van der Waals surface area contributed by atoms with Gasteiger partial charge in [0.25, 0.3) is 0 Å². The molecule has 0 aliphatic rings. The monoisotopic (exact) mass is 367 g/mol. The van der Waals surface area contributed by atoms with Gasteiger partial charge in [0.05, 0.1) is 17.6 Å². The van der Waals surface area contributed by atoms with E-state index >= 15 is 0 Å². The Balaban J connectivity index is 2.13.